The van der Waals surface area contributed by atoms with E-state index in [1.165, 1.54) is 38.5 Å². The lowest BCUT2D eigenvalue weighted by atomic mass is 10.1. The van der Waals surface area contributed by atoms with Crippen molar-refractivity contribution >= 4 is 0 Å². The molecule has 0 aromatic rings. The normalized spacial score (nSPS) is 17.9. The lowest BCUT2D eigenvalue weighted by Gasteiger charge is -2.33. The first-order valence-electron chi connectivity index (χ1n) is 5.96. The average molecular weight is 194 g/mol. The number of rotatable bonds is 5. The van der Waals surface area contributed by atoms with Crippen molar-refractivity contribution in [1.82, 2.24) is 4.90 Å². The third-order valence-electron chi connectivity index (χ3n) is 3.46. The van der Waals surface area contributed by atoms with Gasteiger partial charge in [0, 0.05) is 12.1 Å². The van der Waals surface area contributed by atoms with Gasteiger partial charge in [0.05, 0.1) is 12.6 Å². The molecule has 0 aromatic heterocycles. The fourth-order valence-electron chi connectivity index (χ4n) is 2.63. The molecule has 2 heteroatoms. The Bertz CT molecular complexity index is 183. The molecule has 0 saturated heterocycles. The van der Waals surface area contributed by atoms with Crippen molar-refractivity contribution in [3.05, 3.63) is 0 Å². The summed E-state index contributed by atoms with van der Waals surface area (Å²) in [5.41, 5.74) is 0. The second kappa shape index (κ2) is 6.03. The summed E-state index contributed by atoms with van der Waals surface area (Å²) in [7, 11) is 0. The molecule has 0 bridgehead atoms. The summed E-state index contributed by atoms with van der Waals surface area (Å²) in [6.07, 6.45) is 7.67. The topological polar surface area (TPSA) is 27.0 Å². The molecule has 0 spiro atoms. The quantitative estimate of drug-likeness (QED) is 0.629. The zero-order valence-corrected chi connectivity index (χ0v) is 9.50. The van der Waals surface area contributed by atoms with Gasteiger partial charge in [0.15, 0.2) is 0 Å². The molecule has 14 heavy (non-hydrogen) atoms. The van der Waals surface area contributed by atoms with E-state index >= 15 is 0 Å². The smallest absolute Gasteiger partial charge is 0.0870 e. The molecule has 0 atom stereocenters. The molecule has 1 rings (SSSR count). The Hall–Kier alpha value is -0.550. The maximum Gasteiger partial charge on any atom is 0.0870 e. The van der Waals surface area contributed by atoms with Gasteiger partial charge in [0.25, 0.3) is 0 Å². The monoisotopic (exact) mass is 194 g/mol. The fourth-order valence-corrected chi connectivity index (χ4v) is 2.63. The molecule has 0 heterocycles. The maximum atomic E-state index is 8.85. The molecule has 1 saturated carbocycles. The molecule has 0 amide bonds. The van der Waals surface area contributed by atoms with Gasteiger partial charge in [-0.1, -0.05) is 26.7 Å². The van der Waals surface area contributed by atoms with Crippen molar-refractivity contribution in [1.29, 1.82) is 5.26 Å². The molecule has 1 aliphatic rings. The molecule has 1 aliphatic carbocycles. The Labute approximate surface area is 87.9 Å². The zero-order valence-electron chi connectivity index (χ0n) is 9.50. The third-order valence-corrected chi connectivity index (χ3v) is 3.46. The molecular formula is C12H22N2. The molecule has 80 valence electrons. The highest BCUT2D eigenvalue weighted by Gasteiger charge is 2.26. The summed E-state index contributed by atoms with van der Waals surface area (Å²) in [6, 6.07) is 3.64. The molecule has 0 aromatic carbocycles. The molecule has 1 fully saturated rings. The van der Waals surface area contributed by atoms with E-state index in [0.717, 1.165) is 0 Å². The van der Waals surface area contributed by atoms with Crippen LogP contribution in [0.1, 0.15) is 52.4 Å². The van der Waals surface area contributed by atoms with Crippen LogP contribution in [-0.2, 0) is 0 Å². The first kappa shape index (κ1) is 11.5. The van der Waals surface area contributed by atoms with Crippen molar-refractivity contribution < 1.29 is 0 Å². The van der Waals surface area contributed by atoms with Crippen molar-refractivity contribution in [3.8, 4) is 6.07 Å². The zero-order chi connectivity index (χ0) is 10.4. The second-order valence-electron chi connectivity index (χ2n) is 4.24. The fraction of sp³-hybridized carbons (Fsp3) is 0.917. The minimum absolute atomic E-state index is 0.622. The van der Waals surface area contributed by atoms with Crippen LogP contribution < -0.4 is 0 Å². The predicted molar refractivity (Wildman–Crippen MR) is 58.9 cm³/mol. The lowest BCUT2D eigenvalue weighted by Crippen LogP contribution is -2.41. The SMILES string of the molecule is CCC(CC)N(CC#N)C1CCCC1. The van der Waals surface area contributed by atoms with Crippen LogP contribution in [0.3, 0.4) is 0 Å². The molecule has 0 unspecified atom stereocenters. The molecule has 2 nitrogen and oxygen atoms in total. The number of hydrogen-bond acceptors (Lipinski definition) is 2. The van der Waals surface area contributed by atoms with E-state index in [0.29, 0.717) is 18.6 Å². The van der Waals surface area contributed by atoms with Gasteiger partial charge < -0.3 is 0 Å². The van der Waals surface area contributed by atoms with Crippen molar-refractivity contribution in [2.45, 2.75) is 64.5 Å². The number of nitriles is 1. The van der Waals surface area contributed by atoms with Crippen LogP contribution in [0.4, 0.5) is 0 Å². The minimum atomic E-state index is 0.622. The summed E-state index contributed by atoms with van der Waals surface area (Å²) in [4.78, 5) is 2.44. The summed E-state index contributed by atoms with van der Waals surface area (Å²) in [5, 5.41) is 8.85. The van der Waals surface area contributed by atoms with Crippen LogP contribution in [0, 0.1) is 11.3 Å². The Morgan fingerprint density at radius 2 is 1.86 bits per heavy atom. The first-order valence-corrected chi connectivity index (χ1v) is 5.96. The summed E-state index contributed by atoms with van der Waals surface area (Å²) in [5.74, 6) is 0. The highest BCUT2D eigenvalue weighted by atomic mass is 15.2. The summed E-state index contributed by atoms with van der Waals surface area (Å²) >= 11 is 0. The van der Waals surface area contributed by atoms with E-state index in [1.54, 1.807) is 0 Å². The number of nitrogens with zero attached hydrogens (tertiary/aromatic N) is 2. The van der Waals surface area contributed by atoms with Gasteiger partial charge in [-0.05, 0) is 25.7 Å². The van der Waals surface area contributed by atoms with Crippen LogP contribution in [0.25, 0.3) is 0 Å². The predicted octanol–water partition coefficient (Wildman–Crippen LogP) is 2.94. The van der Waals surface area contributed by atoms with E-state index in [-0.39, 0.29) is 0 Å². The highest BCUT2D eigenvalue weighted by molar-refractivity contribution is 4.88. The van der Waals surface area contributed by atoms with Crippen molar-refractivity contribution in [3.63, 3.8) is 0 Å². The van der Waals surface area contributed by atoms with Crippen LogP contribution >= 0.6 is 0 Å². The molecule has 0 radical (unpaired) electrons. The molecular weight excluding hydrogens is 172 g/mol. The van der Waals surface area contributed by atoms with E-state index in [1.807, 2.05) is 0 Å². The molecule has 0 N–H and O–H groups in total. The number of hydrogen-bond donors (Lipinski definition) is 0. The standard InChI is InChI=1S/C12H22N2/c1-3-11(4-2)14(10-9-13)12-7-5-6-8-12/h11-12H,3-8,10H2,1-2H3. The van der Waals surface area contributed by atoms with E-state index < -0.39 is 0 Å². The van der Waals surface area contributed by atoms with Gasteiger partial charge in [-0.15, -0.1) is 0 Å². The first-order chi connectivity index (χ1) is 6.83. The highest BCUT2D eigenvalue weighted by Crippen LogP contribution is 2.26. The van der Waals surface area contributed by atoms with E-state index in [9.17, 15) is 0 Å². The van der Waals surface area contributed by atoms with Gasteiger partial charge in [-0.3, -0.25) is 4.90 Å². The Balaban J connectivity index is 2.56. The Kier molecular flexibility index (Phi) is 4.97. The largest absolute Gasteiger partial charge is 0.285 e. The van der Waals surface area contributed by atoms with Crippen LogP contribution in [-0.4, -0.2) is 23.5 Å². The minimum Gasteiger partial charge on any atom is -0.285 e. The average Bonchev–Trinajstić information content (AvgIpc) is 2.71. The van der Waals surface area contributed by atoms with Crippen LogP contribution in [0.5, 0.6) is 0 Å². The van der Waals surface area contributed by atoms with Gasteiger partial charge in [-0.25, -0.2) is 0 Å². The Morgan fingerprint density at radius 3 is 2.29 bits per heavy atom. The maximum absolute atomic E-state index is 8.85. The molecule has 0 aliphatic heterocycles. The Morgan fingerprint density at radius 1 is 1.29 bits per heavy atom. The van der Waals surface area contributed by atoms with E-state index in [2.05, 4.69) is 24.8 Å². The summed E-state index contributed by atoms with van der Waals surface area (Å²) in [6.45, 7) is 5.08. The van der Waals surface area contributed by atoms with E-state index in [4.69, 9.17) is 5.26 Å². The summed E-state index contributed by atoms with van der Waals surface area (Å²) < 4.78 is 0. The van der Waals surface area contributed by atoms with Crippen molar-refractivity contribution in [2.24, 2.45) is 0 Å². The van der Waals surface area contributed by atoms with Gasteiger partial charge >= 0.3 is 0 Å². The van der Waals surface area contributed by atoms with Gasteiger partial charge in [-0.2, -0.15) is 5.26 Å². The van der Waals surface area contributed by atoms with Crippen molar-refractivity contribution in [2.75, 3.05) is 6.54 Å². The van der Waals surface area contributed by atoms with Crippen LogP contribution in [0.15, 0.2) is 0 Å². The van der Waals surface area contributed by atoms with Crippen LogP contribution in [0.2, 0.25) is 0 Å². The lowest BCUT2D eigenvalue weighted by molar-refractivity contribution is 0.146. The third kappa shape index (κ3) is 2.72. The van der Waals surface area contributed by atoms with Gasteiger partial charge in [0.2, 0.25) is 0 Å². The second-order valence-corrected chi connectivity index (χ2v) is 4.24. The van der Waals surface area contributed by atoms with Gasteiger partial charge in [0.1, 0.15) is 0 Å².